The molecule has 20 heavy (non-hydrogen) atoms. The maximum atomic E-state index is 4.43. The van der Waals surface area contributed by atoms with E-state index in [2.05, 4.69) is 60.4 Å². The van der Waals surface area contributed by atoms with Crippen molar-refractivity contribution in [2.75, 3.05) is 0 Å². The van der Waals surface area contributed by atoms with E-state index in [0.29, 0.717) is 0 Å². The first-order chi connectivity index (χ1) is 9.72. The number of rotatable bonds is 5. The lowest BCUT2D eigenvalue weighted by Gasteiger charge is -2.11. The standard InChI is InChI=1S/C15H14Br2N2S/c16-11-4-3-10(9-19-12-5-6-12)14(8-11)20-15-13(17)2-1-7-18-15/h1-4,7-8,12,19H,5-6,9H2. The fourth-order valence-electron chi connectivity index (χ4n) is 1.86. The molecule has 1 heterocycles. The largest absolute Gasteiger partial charge is 0.310 e. The molecule has 3 rings (SSSR count). The molecule has 1 N–H and O–H groups in total. The number of benzene rings is 1. The average molecular weight is 414 g/mol. The highest BCUT2D eigenvalue weighted by Crippen LogP contribution is 2.35. The molecule has 0 aliphatic heterocycles. The van der Waals surface area contributed by atoms with Gasteiger partial charge in [-0.1, -0.05) is 33.8 Å². The van der Waals surface area contributed by atoms with Gasteiger partial charge < -0.3 is 5.32 Å². The van der Waals surface area contributed by atoms with Crippen LogP contribution in [0.25, 0.3) is 0 Å². The fraction of sp³-hybridized carbons (Fsp3) is 0.267. The Hall–Kier alpha value is -0.360. The number of halogens is 2. The molecular formula is C15H14Br2N2S. The smallest absolute Gasteiger partial charge is 0.115 e. The molecule has 1 aliphatic carbocycles. The van der Waals surface area contributed by atoms with Crippen LogP contribution in [0.15, 0.2) is 55.4 Å². The molecule has 0 unspecified atom stereocenters. The number of aromatic nitrogens is 1. The van der Waals surface area contributed by atoms with Crippen LogP contribution in [-0.2, 0) is 6.54 Å². The molecule has 0 spiro atoms. The molecule has 1 aliphatic rings. The van der Waals surface area contributed by atoms with E-state index in [-0.39, 0.29) is 0 Å². The first-order valence-electron chi connectivity index (χ1n) is 6.52. The van der Waals surface area contributed by atoms with Gasteiger partial charge in [0, 0.05) is 28.2 Å². The molecule has 104 valence electrons. The van der Waals surface area contributed by atoms with Gasteiger partial charge >= 0.3 is 0 Å². The predicted octanol–water partition coefficient (Wildman–Crippen LogP) is 5.01. The van der Waals surface area contributed by atoms with E-state index in [9.17, 15) is 0 Å². The Bertz CT molecular complexity index is 615. The monoisotopic (exact) mass is 412 g/mol. The Labute approximate surface area is 140 Å². The zero-order valence-electron chi connectivity index (χ0n) is 10.8. The molecule has 0 amide bonds. The number of pyridine rings is 1. The van der Waals surface area contributed by atoms with Crippen molar-refractivity contribution in [1.82, 2.24) is 10.3 Å². The highest BCUT2D eigenvalue weighted by atomic mass is 79.9. The predicted molar refractivity (Wildman–Crippen MR) is 90.1 cm³/mol. The van der Waals surface area contributed by atoms with E-state index >= 15 is 0 Å². The zero-order chi connectivity index (χ0) is 13.9. The fourth-order valence-corrected chi connectivity index (χ4v) is 3.82. The van der Waals surface area contributed by atoms with Gasteiger partial charge in [0.05, 0.1) is 4.47 Å². The third kappa shape index (κ3) is 3.85. The van der Waals surface area contributed by atoms with Crippen LogP contribution in [0.3, 0.4) is 0 Å². The van der Waals surface area contributed by atoms with Crippen molar-refractivity contribution in [2.45, 2.75) is 35.3 Å². The first-order valence-corrected chi connectivity index (χ1v) is 8.93. The lowest BCUT2D eigenvalue weighted by Crippen LogP contribution is -2.15. The van der Waals surface area contributed by atoms with Crippen LogP contribution in [0.4, 0.5) is 0 Å². The van der Waals surface area contributed by atoms with Crippen LogP contribution in [-0.4, -0.2) is 11.0 Å². The minimum atomic E-state index is 0.720. The second-order valence-electron chi connectivity index (χ2n) is 4.80. The van der Waals surface area contributed by atoms with Gasteiger partial charge in [0.25, 0.3) is 0 Å². The van der Waals surface area contributed by atoms with Gasteiger partial charge in [0.15, 0.2) is 0 Å². The highest BCUT2D eigenvalue weighted by molar-refractivity contribution is 9.10. The maximum absolute atomic E-state index is 4.43. The van der Waals surface area contributed by atoms with Crippen LogP contribution in [0.2, 0.25) is 0 Å². The second kappa shape index (κ2) is 6.60. The van der Waals surface area contributed by atoms with Crippen molar-refractivity contribution in [3.63, 3.8) is 0 Å². The minimum absolute atomic E-state index is 0.720. The summed E-state index contributed by atoms with van der Waals surface area (Å²) in [5, 5.41) is 4.57. The van der Waals surface area contributed by atoms with Crippen LogP contribution < -0.4 is 5.32 Å². The van der Waals surface area contributed by atoms with Crippen molar-refractivity contribution in [2.24, 2.45) is 0 Å². The molecule has 0 saturated heterocycles. The van der Waals surface area contributed by atoms with Gasteiger partial charge in [-0.05, 0) is 58.6 Å². The zero-order valence-corrected chi connectivity index (χ0v) is 14.8. The summed E-state index contributed by atoms with van der Waals surface area (Å²) < 4.78 is 2.13. The number of hydrogen-bond donors (Lipinski definition) is 1. The summed E-state index contributed by atoms with van der Waals surface area (Å²) in [5.74, 6) is 0. The molecule has 2 nitrogen and oxygen atoms in total. The van der Waals surface area contributed by atoms with E-state index in [1.807, 2.05) is 18.3 Å². The summed E-state index contributed by atoms with van der Waals surface area (Å²) in [7, 11) is 0. The molecular weight excluding hydrogens is 400 g/mol. The highest BCUT2D eigenvalue weighted by Gasteiger charge is 2.20. The van der Waals surface area contributed by atoms with Gasteiger partial charge in [-0.25, -0.2) is 4.98 Å². The molecule has 0 atom stereocenters. The SMILES string of the molecule is Brc1ccc(CNC2CC2)c(Sc2ncccc2Br)c1. The van der Waals surface area contributed by atoms with Crippen molar-refractivity contribution in [3.8, 4) is 0 Å². The summed E-state index contributed by atoms with van der Waals surface area (Å²) in [6.45, 7) is 0.921. The van der Waals surface area contributed by atoms with Crippen molar-refractivity contribution >= 4 is 43.6 Å². The van der Waals surface area contributed by atoms with Crippen LogP contribution in [0, 0.1) is 0 Å². The minimum Gasteiger partial charge on any atom is -0.310 e. The topological polar surface area (TPSA) is 24.9 Å². The Morgan fingerprint density at radius 3 is 2.85 bits per heavy atom. The molecule has 1 saturated carbocycles. The second-order valence-corrected chi connectivity index (χ2v) is 7.60. The Morgan fingerprint density at radius 1 is 1.25 bits per heavy atom. The van der Waals surface area contributed by atoms with Gasteiger partial charge in [-0.3, -0.25) is 0 Å². The maximum Gasteiger partial charge on any atom is 0.115 e. The summed E-state index contributed by atoms with van der Waals surface area (Å²) >= 11 is 8.81. The van der Waals surface area contributed by atoms with Crippen molar-refractivity contribution < 1.29 is 0 Å². The number of nitrogens with one attached hydrogen (secondary N) is 1. The molecule has 0 radical (unpaired) electrons. The van der Waals surface area contributed by atoms with Crippen LogP contribution >= 0.6 is 43.6 Å². The van der Waals surface area contributed by atoms with Gasteiger partial charge in [0.1, 0.15) is 5.03 Å². The molecule has 1 fully saturated rings. The summed E-state index contributed by atoms with van der Waals surface area (Å²) in [5.41, 5.74) is 1.32. The van der Waals surface area contributed by atoms with Gasteiger partial charge in [-0.2, -0.15) is 0 Å². The molecule has 1 aromatic carbocycles. The average Bonchev–Trinajstić information content (AvgIpc) is 3.25. The Kier molecular flexibility index (Phi) is 4.81. The van der Waals surface area contributed by atoms with E-state index in [0.717, 1.165) is 26.6 Å². The third-order valence-corrected chi connectivity index (χ3v) is 5.63. The summed E-state index contributed by atoms with van der Waals surface area (Å²) in [6, 6.07) is 11.1. The van der Waals surface area contributed by atoms with E-state index in [1.54, 1.807) is 11.8 Å². The normalized spacial score (nSPS) is 14.5. The molecule has 2 aromatic rings. The number of hydrogen-bond acceptors (Lipinski definition) is 3. The van der Waals surface area contributed by atoms with Crippen molar-refractivity contribution in [3.05, 3.63) is 51.0 Å². The molecule has 1 aromatic heterocycles. The van der Waals surface area contributed by atoms with Gasteiger partial charge in [0.2, 0.25) is 0 Å². The molecule has 0 bridgehead atoms. The Morgan fingerprint density at radius 2 is 2.10 bits per heavy atom. The summed E-state index contributed by atoms with van der Waals surface area (Å²) in [4.78, 5) is 5.67. The third-order valence-electron chi connectivity index (χ3n) is 3.12. The molecule has 5 heteroatoms. The quantitative estimate of drug-likeness (QED) is 0.745. The number of nitrogens with zero attached hydrogens (tertiary/aromatic N) is 1. The van der Waals surface area contributed by atoms with Gasteiger partial charge in [-0.15, -0.1) is 0 Å². The lowest BCUT2D eigenvalue weighted by atomic mass is 10.2. The van der Waals surface area contributed by atoms with Crippen molar-refractivity contribution in [1.29, 1.82) is 0 Å². The van der Waals surface area contributed by atoms with Crippen LogP contribution in [0.1, 0.15) is 18.4 Å². The Balaban J connectivity index is 1.82. The lowest BCUT2D eigenvalue weighted by molar-refractivity contribution is 0.680. The first kappa shape index (κ1) is 14.6. The van der Waals surface area contributed by atoms with E-state index in [4.69, 9.17) is 0 Å². The van der Waals surface area contributed by atoms with E-state index < -0.39 is 0 Å². The van der Waals surface area contributed by atoms with Crippen LogP contribution in [0.5, 0.6) is 0 Å². The summed E-state index contributed by atoms with van der Waals surface area (Å²) in [6.07, 6.45) is 4.45. The van der Waals surface area contributed by atoms with E-state index in [1.165, 1.54) is 23.3 Å².